The van der Waals surface area contributed by atoms with Crippen molar-refractivity contribution in [2.45, 2.75) is 12.8 Å². The van der Waals surface area contributed by atoms with Crippen LogP contribution >= 0.6 is 0 Å². The average molecular weight is 230 g/mol. The van der Waals surface area contributed by atoms with E-state index >= 15 is 0 Å². The van der Waals surface area contributed by atoms with Gasteiger partial charge in [-0.25, -0.2) is 4.98 Å². The number of aliphatic carboxylic acids is 1. The molecule has 0 aliphatic carbocycles. The van der Waals surface area contributed by atoms with Crippen molar-refractivity contribution in [3.63, 3.8) is 0 Å². The molecule has 0 fully saturated rings. The fraction of sp³-hybridized carbons (Fsp3) is 0.167. The first-order chi connectivity index (χ1) is 8.13. The third-order valence-corrected chi connectivity index (χ3v) is 2.37. The molecule has 0 unspecified atom stereocenters. The molecule has 0 amide bonds. The molecule has 0 saturated carbocycles. The molecule has 0 bridgehead atoms. The van der Waals surface area contributed by atoms with Crippen LogP contribution in [0.4, 0.5) is 5.69 Å². The van der Waals surface area contributed by atoms with Crippen LogP contribution in [-0.4, -0.2) is 15.9 Å². The molecule has 1 aromatic heterocycles. The van der Waals surface area contributed by atoms with Gasteiger partial charge in [0.2, 0.25) is 0 Å². The molecular weight excluding hydrogens is 218 g/mol. The summed E-state index contributed by atoms with van der Waals surface area (Å²) < 4.78 is 0. The van der Waals surface area contributed by atoms with Crippen molar-refractivity contribution in [2.75, 3.05) is 5.73 Å². The number of nitrogens with zero attached hydrogens (tertiary/aromatic N) is 1. The van der Waals surface area contributed by atoms with Gasteiger partial charge in [0.05, 0.1) is 0 Å². The minimum Gasteiger partial charge on any atom is -0.550 e. The fourth-order valence-corrected chi connectivity index (χ4v) is 1.57. The number of carbonyl (C=O) groups is 1. The summed E-state index contributed by atoms with van der Waals surface area (Å²) in [6, 6.07) is 7.47. The third-order valence-electron chi connectivity index (χ3n) is 2.37. The van der Waals surface area contributed by atoms with Crippen LogP contribution in [-0.2, 0) is 17.6 Å². The summed E-state index contributed by atoms with van der Waals surface area (Å²) in [4.78, 5) is 17.5. The van der Waals surface area contributed by atoms with Crippen LogP contribution in [0.5, 0.6) is 0 Å². The molecule has 2 aromatic rings. The number of nitrogens with two attached hydrogens (primary N) is 1. The van der Waals surface area contributed by atoms with E-state index in [0.29, 0.717) is 17.8 Å². The van der Waals surface area contributed by atoms with Gasteiger partial charge in [0, 0.05) is 36.4 Å². The number of anilines is 1. The van der Waals surface area contributed by atoms with Crippen LogP contribution in [0, 0.1) is 0 Å². The van der Waals surface area contributed by atoms with Gasteiger partial charge in [-0.05, 0) is 17.7 Å². The van der Waals surface area contributed by atoms with E-state index in [1.54, 1.807) is 0 Å². The largest absolute Gasteiger partial charge is 0.550 e. The van der Waals surface area contributed by atoms with E-state index in [1.165, 1.54) is 6.20 Å². The van der Waals surface area contributed by atoms with Gasteiger partial charge in [-0.3, -0.25) is 0 Å². The normalized spacial score (nSPS) is 10.4. The molecule has 0 atom stereocenters. The summed E-state index contributed by atoms with van der Waals surface area (Å²) in [7, 11) is 0. The van der Waals surface area contributed by atoms with Gasteiger partial charge >= 0.3 is 0 Å². The van der Waals surface area contributed by atoms with Crippen LogP contribution in [0.2, 0.25) is 0 Å². The second-order valence-electron chi connectivity index (χ2n) is 3.82. The van der Waals surface area contributed by atoms with E-state index in [4.69, 9.17) is 5.73 Å². The zero-order valence-electron chi connectivity index (χ0n) is 9.14. The smallest absolute Gasteiger partial charge is 0.110 e. The number of H-pyrrole nitrogens is 1. The van der Waals surface area contributed by atoms with Crippen molar-refractivity contribution < 1.29 is 9.90 Å². The SMILES string of the molecule is Nc1ccc(Cc2ncc(CC(=O)[O-])[nH]2)cc1. The van der Waals surface area contributed by atoms with Crippen LogP contribution < -0.4 is 10.8 Å². The zero-order valence-corrected chi connectivity index (χ0v) is 9.14. The van der Waals surface area contributed by atoms with E-state index in [9.17, 15) is 9.90 Å². The number of nitrogen functional groups attached to an aromatic ring is 1. The number of aromatic nitrogens is 2. The van der Waals surface area contributed by atoms with E-state index in [0.717, 1.165) is 11.4 Å². The van der Waals surface area contributed by atoms with Crippen molar-refractivity contribution in [1.82, 2.24) is 9.97 Å². The Morgan fingerprint density at radius 2 is 2.06 bits per heavy atom. The van der Waals surface area contributed by atoms with Gasteiger partial charge in [0.25, 0.3) is 0 Å². The highest BCUT2D eigenvalue weighted by atomic mass is 16.4. The molecule has 2 rings (SSSR count). The molecular formula is C12H12N3O2-. The van der Waals surface area contributed by atoms with E-state index in [1.807, 2.05) is 24.3 Å². The predicted molar refractivity (Wildman–Crippen MR) is 61.0 cm³/mol. The number of imidazole rings is 1. The number of carbonyl (C=O) groups excluding carboxylic acids is 1. The highest BCUT2D eigenvalue weighted by Crippen LogP contribution is 2.09. The lowest BCUT2D eigenvalue weighted by Gasteiger charge is -2.00. The summed E-state index contributed by atoms with van der Waals surface area (Å²) in [5.41, 5.74) is 7.91. The highest BCUT2D eigenvalue weighted by molar-refractivity contribution is 5.67. The van der Waals surface area contributed by atoms with Crippen molar-refractivity contribution in [2.24, 2.45) is 0 Å². The Labute approximate surface area is 98.3 Å². The molecule has 5 nitrogen and oxygen atoms in total. The molecule has 0 aliphatic heterocycles. The molecule has 0 spiro atoms. The van der Waals surface area contributed by atoms with Gasteiger partial charge in [-0.15, -0.1) is 0 Å². The fourth-order valence-electron chi connectivity index (χ4n) is 1.57. The number of carboxylic acids is 1. The summed E-state index contributed by atoms with van der Waals surface area (Å²) in [6.45, 7) is 0. The van der Waals surface area contributed by atoms with Crippen molar-refractivity contribution >= 4 is 11.7 Å². The van der Waals surface area contributed by atoms with Crippen LogP contribution in [0.3, 0.4) is 0 Å². The molecule has 3 N–H and O–H groups in total. The highest BCUT2D eigenvalue weighted by Gasteiger charge is 2.02. The first kappa shape index (κ1) is 11.2. The monoisotopic (exact) mass is 230 g/mol. The van der Waals surface area contributed by atoms with E-state index < -0.39 is 5.97 Å². The van der Waals surface area contributed by atoms with Crippen molar-refractivity contribution in [1.29, 1.82) is 0 Å². The Morgan fingerprint density at radius 1 is 1.35 bits per heavy atom. The minimum absolute atomic E-state index is 0.144. The summed E-state index contributed by atoms with van der Waals surface area (Å²) in [6.07, 6.45) is 1.99. The first-order valence-electron chi connectivity index (χ1n) is 5.20. The summed E-state index contributed by atoms with van der Waals surface area (Å²) >= 11 is 0. The van der Waals surface area contributed by atoms with Crippen LogP contribution in [0.1, 0.15) is 17.1 Å². The van der Waals surface area contributed by atoms with Gasteiger partial charge in [-0.1, -0.05) is 12.1 Å². The average Bonchev–Trinajstić information content (AvgIpc) is 2.68. The number of hydrogen-bond donors (Lipinski definition) is 2. The number of benzene rings is 1. The number of nitrogens with one attached hydrogen (secondary N) is 1. The van der Waals surface area contributed by atoms with Crippen LogP contribution in [0.15, 0.2) is 30.5 Å². The number of aromatic amines is 1. The van der Waals surface area contributed by atoms with Crippen LogP contribution in [0.25, 0.3) is 0 Å². The Kier molecular flexibility index (Phi) is 3.09. The second-order valence-corrected chi connectivity index (χ2v) is 3.82. The number of rotatable bonds is 4. The van der Waals surface area contributed by atoms with Gasteiger partial charge in [0.15, 0.2) is 0 Å². The Bertz CT molecular complexity index is 517. The third kappa shape index (κ3) is 3.07. The Morgan fingerprint density at radius 3 is 2.71 bits per heavy atom. The van der Waals surface area contributed by atoms with E-state index in [-0.39, 0.29) is 6.42 Å². The molecule has 5 heteroatoms. The zero-order chi connectivity index (χ0) is 12.3. The summed E-state index contributed by atoms with van der Waals surface area (Å²) in [5, 5.41) is 10.4. The first-order valence-corrected chi connectivity index (χ1v) is 5.20. The second kappa shape index (κ2) is 4.69. The Hall–Kier alpha value is -2.30. The maximum absolute atomic E-state index is 10.4. The standard InChI is InChI=1S/C12H13N3O2/c13-9-3-1-8(2-4-9)5-11-14-7-10(15-11)6-12(16)17/h1-4,7H,5-6,13H2,(H,14,15)(H,16,17)/p-1. The number of carboxylic acid groups (broad SMARTS) is 1. The van der Waals surface area contributed by atoms with Crippen molar-refractivity contribution in [3.05, 3.63) is 47.5 Å². The summed E-state index contributed by atoms with van der Waals surface area (Å²) in [5.74, 6) is -0.390. The molecule has 0 radical (unpaired) electrons. The molecule has 0 saturated heterocycles. The molecule has 88 valence electrons. The lowest BCUT2D eigenvalue weighted by Crippen LogP contribution is -2.24. The minimum atomic E-state index is -1.12. The maximum Gasteiger partial charge on any atom is 0.110 e. The lowest BCUT2D eigenvalue weighted by molar-refractivity contribution is -0.304. The lowest BCUT2D eigenvalue weighted by atomic mass is 10.1. The van der Waals surface area contributed by atoms with Gasteiger partial charge in [0.1, 0.15) is 5.82 Å². The topological polar surface area (TPSA) is 94.8 Å². The maximum atomic E-state index is 10.4. The quantitative estimate of drug-likeness (QED) is 0.715. The van der Waals surface area contributed by atoms with Gasteiger partial charge in [-0.2, -0.15) is 0 Å². The van der Waals surface area contributed by atoms with E-state index in [2.05, 4.69) is 9.97 Å². The Balaban J connectivity index is 2.06. The van der Waals surface area contributed by atoms with Crippen molar-refractivity contribution in [3.8, 4) is 0 Å². The molecule has 1 heterocycles. The molecule has 1 aromatic carbocycles. The molecule has 17 heavy (non-hydrogen) atoms. The molecule has 0 aliphatic rings. The predicted octanol–water partition coefficient (Wildman–Crippen LogP) is -0.125. The van der Waals surface area contributed by atoms with Gasteiger partial charge < -0.3 is 20.6 Å². The number of hydrogen-bond acceptors (Lipinski definition) is 4.